The van der Waals surface area contributed by atoms with Gasteiger partial charge in [0.05, 0.1) is 10.7 Å². The van der Waals surface area contributed by atoms with E-state index in [0.717, 1.165) is 0 Å². The lowest BCUT2D eigenvalue weighted by molar-refractivity contribution is -0.112. The molecule has 3 nitrogen and oxygen atoms in total. The summed E-state index contributed by atoms with van der Waals surface area (Å²) in [6, 6.07) is 13.3. The molecule has 0 aliphatic rings. The zero-order chi connectivity index (χ0) is 16.1. The largest absolute Gasteiger partial charge is 0.320 e. The topological polar surface area (TPSA) is 52.9 Å². The van der Waals surface area contributed by atoms with Crippen LogP contribution < -0.4 is 5.32 Å². The predicted molar refractivity (Wildman–Crippen MR) is 90.1 cm³/mol. The van der Waals surface area contributed by atoms with E-state index in [1.54, 1.807) is 36.4 Å². The van der Waals surface area contributed by atoms with Crippen LogP contribution in [0, 0.1) is 11.3 Å². The van der Waals surface area contributed by atoms with Crippen LogP contribution in [0.25, 0.3) is 6.08 Å². The van der Waals surface area contributed by atoms with Gasteiger partial charge in [-0.05, 0) is 42.0 Å². The number of hydrogen-bond acceptors (Lipinski definition) is 2. The van der Waals surface area contributed by atoms with Crippen molar-refractivity contribution in [2.24, 2.45) is 0 Å². The van der Waals surface area contributed by atoms with Crippen molar-refractivity contribution in [1.29, 1.82) is 5.26 Å². The normalized spacial score (nSPS) is 10.9. The molecule has 110 valence electrons. The number of anilines is 1. The van der Waals surface area contributed by atoms with Crippen LogP contribution in [0.2, 0.25) is 15.1 Å². The maximum atomic E-state index is 12.1. The predicted octanol–water partition coefficient (Wildman–Crippen LogP) is 5.19. The van der Waals surface area contributed by atoms with Crippen molar-refractivity contribution in [3.63, 3.8) is 0 Å². The Morgan fingerprint density at radius 2 is 1.68 bits per heavy atom. The van der Waals surface area contributed by atoms with Crippen LogP contribution in [0.3, 0.4) is 0 Å². The summed E-state index contributed by atoms with van der Waals surface area (Å²) in [6.07, 6.45) is 1.46. The summed E-state index contributed by atoms with van der Waals surface area (Å²) in [7, 11) is 0. The number of hydrogen-bond donors (Lipinski definition) is 1. The third-order valence-electron chi connectivity index (χ3n) is 2.72. The number of benzene rings is 2. The van der Waals surface area contributed by atoms with Gasteiger partial charge in [0.1, 0.15) is 11.6 Å². The van der Waals surface area contributed by atoms with Gasteiger partial charge in [0, 0.05) is 10.0 Å². The molecule has 0 fully saturated rings. The van der Waals surface area contributed by atoms with Crippen LogP contribution in [0.5, 0.6) is 0 Å². The molecule has 0 saturated heterocycles. The molecule has 1 amide bonds. The molecule has 0 bridgehead atoms. The lowest BCUT2D eigenvalue weighted by atomic mass is 10.1. The maximum Gasteiger partial charge on any atom is 0.266 e. The van der Waals surface area contributed by atoms with Crippen LogP contribution in [0.4, 0.5) is 5.69 Å². The van der Waals surface area contributed by atoms with E-state index in [9.17, 15) is 4.79 Å². The van der Waals surface area contributed by atoms with Gasteiger partial charge < -0.3 is 5.32 Å². The van der Waals surface area contributed by atoms with E-state index in [4.69, 9.17) is 40.1 Å². The van der Waals surface area contributed by atoms with Gasteiger partial charge in [-0.15, -0.1) is 0 Å². The van der Waals surface area contributed by atoms with Gasteiger partial charge in [-0.3, -0.25) is 4.79 Å². The minimum atomic E-state index is -0.568. The Hall–Kier alpha value is -1.99. The second kappa shape index (κ2) is 7.33. The fraction of sp³-hybridized carbons (Fsp3) is 0. The highest BCUT2D eigenvalue weighted by Gasteiger charge is 2.11. The van der Waals surface area contributed by atoms with Gasteiger partial charge in [0.15, 0.2) is 0 Å². The second-order valence-electron chi connectivity index (χ2n) is 4.30. The van der Waals surface area contributed by atoms with Gasteiger partial charge in [0.25, 0.3) is 5.91 Å². The van der Waals surface area contributed by atoms with Crippen molar-refractivity contribution in [1.82, 2.24) is 0 Å². The molecule has 0 aromatic heterocycles. The first-order valence-electron chi connectivity index (χ1n) is 6.13. The SMILES string of the molecule is N#C/C(=C\c1ccc(Cl)cc1)C(=O)Nc1cc(Cl)ccc1Cl. The number of amides is 1. The van der Waals surface area contributed by atoms with E-state index < -0.39 is 5.91 Å². The van der Waals surface area contributed by atoms with Crippen molar-refractivity contribution in [2.45, 2.75) is 0 Å². The lowest BCUT2D eigenvalue weighted by Crippen LogP contribution is -2.13. The van der Waals surface area contributed by atoms with E-state index in [1.807, 2.05) is 6.07 Å². The van der Waals surface area contributed by atoms with Gasteiger partial charge in [-0.1, -0.05) is 46.9 Å². The van der Waals surface area contributed by atoms with E-state index in [1.165, 1.54) is 12.1 Å². The number of carbonyl (C=O) groups excluding carboxylic acids is 1. The minimum absolute atomic E-state index is 0.0571. The van der Waals surface area contributed by atoms with E-state index in [-0.39, 0.29) is 5.57 Å². The molecule has 2 aromatic carbocycles. The van der Waals surface area contributed by atoms with Crippen LogP contribution in [0.1, 0.15) is 5.56 Å². The zero-order valence-electron chi connectivity index (χ0n) is 11.1. The van der Waals surface area contributed by atoms with E-state index >= 15 is 0 Å². The van der Waals surface area contributed by atoms with Crippen molar-refractivity contribution in [3.05, 3.63) is 68.7 Å². The Bertz CT molecular complexity index is 777. The molecular weight excluding hydrogens is 343 g/mol. The van der Waals surface area contributed by atoms with Crippen LogP contribution in [0.15, 0.2) is 48.0 Å². The molecule has 22 heavy (non-hydrogen) atoms. The highest BCUT2D eigenvalue weighted by atomic mass is 35.5. The summed E-state index contributed by atoms with van der Waals surface area (Å²) in [5, 5.41) is 13.1. The zero-order valence-corrected chi connectivity index (χ0v) is 13.4. The van der Waals surface area contributed by atoms with Crippen molar-refractivity contribution in [2.75, 3.05) is 5.32 Å². The van der Waals surface area contributed by atoms with Crippen LogP contribution in [-0.4, -0.2) is 5.91 Å². The monoisotopic (exact) mass is 350 g/mol. The number of nitrogens with zero attached hydrogens (tertiary/aromatic N) is 1. The molecule has 0 unspecified atom stereocenters. The average molecular weight is 352 g/mol. The number of carbonyl (C=O) groups is 1. The standard InChI is InChI=1S/C16H9Cl3N2O/c17-12-3-1-10(2-4-12)7-11(9-20)16(22)21-15-8-13(18)5-6-14(15)19/h1-8H,(H,21,22)/b11-7+. The molecule has 0 radical (unpaired) electrons. The van der Waals surface area contributed by atoms with Crippen LogP contribution >= 0.6 is 34.8 Å². The van der Waals surface area contributed by atoms with Crippen molar-refractivity contribution < 1.29 is 4.79 Å². The Kier molecular flexibility index (Phi) is 5.46. The molecule has 0 heterocycles. The number of nitriles is 1. The highest BCUT2D eigenvalue weighted by molar-refractivity contribution is 6.36. The smallest absolute Gasteiger partial charge is 0.266 e. The van der Waals surface area contributed by atoms with Crippen LogP contribution in [-0.2, 0) is 4.79 Å². The van der Waals surface area contributed by atoms with E-state index in [2.05, 4.69) is 5.32 Å². The second-order valence-corrected chi connectivity index (χ2v) is 5.58. The Labute approximate surface area is 142 Å². The van der Waals surface area contributed by atoms with Gasteiger partial charge >= 0.3 is 0 Å². The molecule has 0 atom stereocenters. The summed E-state index contributed by atoms with van der Waals surface area (Å²) in [6.45, 7) is 0. The summed E-state index contributed by atoms with van der Waals surface area (Å²) in [5.41, 5.74) is 0.975. The van der Waals surface area contributed by atoms with Crippen molar-refractivity contribution >= 4 is 52.5 Å². The maximum absolute atomic E-state index is 12.1. The molecule has 6 heteroatoms. The first kappa shape index (κ1) is 16.4. The Morgan fingerprint density at radius 1 is 1.05 bits per heavy atom. The molecule has 2 rings (SSSR count). The highest BCUT2D eigenvalue weighted by Crippen LogP contribution is 2.26. The van der Waals surface area contributed by atoms with Gasteiger partial charge in [-0.2, -0.15) is 5.26 Å². The summed E-state index contributed by atoms with van der Waals surface area (Å²) < 4.78 is 0. The minimum Gasteiger partial charge on any atom is -0.320 e. The number of rotatable bonds is 3. The molecule has 0 aliphatic heterocycles. The quantitative estimate of drug-likeness (QED) is 0.611. The summed E-state index contributed by atoms with van der Waals surface area (Å²) in [5.74, 6) is -0.568. The average Bonchev–Trinajstić information content (AvgIpc) is 2.50. The third kappa shape index (κ3) is 4.25. The molecular formula is C16H9Cl3N2O. The molecule has 0 saturated carbocycles. The Balaban J connectivity index is 2.24. The third-order valence-corrected chi connectivity index (χ3v) is 3.54. The fourth-order valence-electron chi connectivity index (χ4n) is 1.66. The van der Waals surface area contributed by atoms with Crippen molar-refractivity contribution in [3.8, 4) is 6.07 Å². The molecule has 1 N–H and O–H groups in total. The Morgan fingerprint density at radius 3 is 2.32 bits per heavy atom. The van der Waals surface area contributed by atoms with E-state index in [0.29, 0.717) is 26.3 Å². The first-order valence-corrected chi connectivity index (χ1v) is 7.27. The van der Waals surface area contributed by atoms with Gasteiger partial charge in [-0.25, -0.2) is 0 Å². The van der Waals surface area contributed by atoms with Gasteiger partial charge in [0.2, 0.25) is 0 Å². The summed E-state index contributed by atoms with van der Waals surface area (Å²) in [4.78, 5) is 12.1. The number of nitrogens with one attached hydrogen (secondary N) is 1. The lowest BCUT2D eigenvalue weighted by Gasteiger charge is -2.07. The molecule has 2 aromatic rings. The number of halogens is 3. The molecule has 0 spiro atoms. The summed E-state index contributed by atoms with van der Waals surface area (Å²) >= 11 is 17.6. The first-order chi connectivity index (χ1) is 10.5. The molecule has 0 aliphatic carbocycles. The fourth-order valence-corrected chi connectivity index (χ4v) is 2.12.